The SMILES string of the molecule is COC(=O)[C@@H]1c2ccoc2CC2CCCC[C@]21C. The van der Waals surface area contributed by atoms with Gasteiger partial charge in [0.05, 0.1) is 19.3 Å². The first-order valence-corrected chi connectivity index (χ1v) is 6.81. The van der Waals surface area contributed by atoms with Crippen LogP contribution in [0.5, 0.6) is 0 Å². The summed E-state index contributed by atoms with van der Waals surface area (Å²) in [5, 5.41) is 0. The molecule has 18 heavy (non-hydrogen) atoms. The molecular weight excluding hydrogens is 228 g/mol. The maximum atomic E-state index is 12.2. The summed E-state index contributed by atoms with van der Waals surface area (Å²) >= 11 is 0. The molecule has 3 rings (SSSR count). The molecule has 3 nitrogen and oxygen atoms in total. The number of rotatable bonds is 1. The van der Waals surface area contributed by atoms with Gasteiger partial charge in [0, 0.05) is 12.0 Å². The number of hydrogen-bond donors (Lipinski definition) is 0. The van der Waals surface area contributed by atoms with Gasteiger partial charge < -0.3 is 9.15 Å². The Labute approximate surface area is 108 Å². The molecule has 3 heteroatoms. The van der Waals surface area contributed by atoms with E-state index < -0.39 is 0 Å². The lowest BCUT2D eigenvalue weighted by Gasteiger charge is -2.48. The molecule has 2 aliphatic carbocycles. The number of carbonyl (C=O) groups excluding carboxylic acids is 1. The van der Waals surface area contributed by atoms with Gasteiger partial charge in [-0.3, -0.25) is 4.79 Å². The predicted octanol–water partition coefficient (Wildman–Crippen LogP) is 3.29. The average molecular weight is 248 g/mol. The van der Waals surface area contributed by atoms with Crippen LogP contribution in [0.3, 0.4) is 0 Å². The van der Waals surface area contributed by atoms with E-state index in [1.54, 1.807) is 6.26 Å². The van der Waals surface area contributed by atoms with Gasteiger partial charge in [-0.15, -0.1) is 0 Å². The molecule has 1 aromatic rings. The lowest BCUT2D eigenvalue weighted by Crippen LogP contribution is -2.44. The minimum atomic E-state index is -0.143. The number of carbonyl (C=O) groups is 1. The maximum Gasteiger partial charge on any atom is 0.313 e. The second kappa shape index (κ2) is 4.15. The van der Waals surface area contributed by atoms with Crippen LogP contribution in [0.4, 0.5) is 0 Å². The van der Waals surface area contributed by atoms with Crippen LogP contribution >= 0.6 is 0 Å². The minimum Gasteiger partial charge on any atom is -0.469 e. The number of methoxy groups -OCH3 is 1. The molecule has 98 valence electrons. The molecule has 0 aliphatic heterocycles. The molecule has 0 bridgehead atoms. The van der Waals surface area contributed by atoms with E-state index in [4.69, 9.17) is 9.15 Å². The highest BCUT2D eigenvalue weighted by Gasteiger charge is 2.51. The van der Waals surface area contributed by atoms with Crippen molar-refractivity contribution >= 4 is 5.97 Å². The van der Waals surface area contributed by atoms with Crippen molar-refractivity contribution < 1.29 is 13.9 Å². The van der Waals surface area contributed by atoms with Crippen LogP contribution in [0.2, 0.25) is 0 Å². The summed E-state index contributed by atoms with van der Waals surface area (Å²) in [6.45, 7) is 2.26. The summed E-state index contributed by atoms with van der Waals surface area (Å²) < 4.78 is 10.6. The summed E-state index contributed by atoms with van der Waals surface area (Å²) in [7, 11) is 1.48. The standard InChI is InChI=1S/C15H20O3/c1-15-7-4-3-5-10(15)9-12-11(6-8-18-12)13(15)14(16)17-2/h6,8,10,13H,3-5,7,9H2,1-2H3/t10?,13-,15+/m0/s1. The van der Waals surface area contributed by atoms with Crippen LogP contribution in [0.15, 0.2) is 16.7 Å². The van der Waals surface area contributed by atoms with E-state index >= 15 is 0 Å². The fraction of sp³-hybridized carbons (Fsp3) is 0.667. The lowest BCUT2D eigenvalue weighted by molar-refractivity contribution is -0.148. The third-order valence-electron chi connectivity index (χ3n) is 5.07. The highest BCUT2D eigenvalue weighted by molar-refractivity contribution is 5.80. The zero-order valence-corrected chi connectivity index (χ0v) is 11.1. The first kappa shape index (κ1) is 11.8. The molecule has 2 aliphatic rings. The Morgan fingerprint density at radius 2 is 2.33 bits per heavy atom. The molecule has 0 N–H and O–H groups in total. The number of ether oxygens (including phenoxy) is 1. The number of esters is 1. The van der Waals surface area contributed by atoms with Gasteiger partial charge in [-0.2, -0.15) is 0 Å². The summed E-state index contributed by atoms with van der Waals surface area (Å²) in [6, 6.07) is 1.95. The molecule has 0 spiro atoms. The molecule has 1 aromatic heterocycles. The van der Waals surface area contributed by atoms with Crippen LogP contribution in [0, 0.1) is 11.3 Å². The zero-order valence-electron chi connectivity index (χ0n) is 11.1. The van der Waals surface area contributed by atoms with Gasteiger partial charge in [-0.25, -0.2) is 0 Å². The van der Waals surface area contributed by atoms with Gasteiger partial charge in [-0.1, -0.05) is 19.8 Å². The van der Waals surface area contributed by atoms with Crippen molar-refractivity contribution in [2.24, 2.45) is 11.3 Å². The van der Waals surface area contributed by atoms with Crippen molar-refractivity contribution in [3.8, 4) is 0 Å². The van der Waals surface area contributed by atoms with Crippen LogP contribution < -0.4 is 0 Å². The lowest BCUT2D eigenvalue weighted by atomic mass is 9.55. The second-order valence-electron chi connectivity index (χ2n) is 5.91. The summed E-state index contributed by atoms with van der Waals surface area (Å²) in [4.78, 5) is 12.2. The Morgan fingerprint density at radius 1 is 1.50 bits per heavy atom. The average Bonchev–Trinajstić information content (AvgIpc) is 2.81. The Morgan fingerprint density at radius 3 is 3.11 bits per heavy atom. The third-order valence-corrected chi connectivity index (χ3v) is 5.07. The van der Waals surface area contributed by atoms with Crippen molar-refractivity contribution in [2.45, 2.75) is 44.9 Å². The van der Waals surface area contributed by atoms with Crippen molar-refractivity contribution in [3.63, 3.8) is 0 Å². The second-order valence-corrected chi connectivity index (χ2v) is 5.91. The normalized spacial score (nSPS) is 34.6. The molecule has 1 saturated carbocycles. The van der Waals surface area contributed by atoms with Crippen LogP contribution in [-0.2, 0) is 16.0 Å². The van der Waals surface area contributed by atoms with Gasteiger partial charge in [0.15, 0.2) is 0 Å². The summed E-state index contributed by atoms with van der Waals surface area (Å²) in [6.07, 6.45) is 7.48. The molecule has 1 heterocycles. The van der Waals surface area contributed by atoms with E-state index in [1.807, 2.05) is 6.07 Å². The molecule has 3 atom stereocenters. The number of fused-ring (bicyclic) bond motifs is 2. The van der Waals surface area contributed by atoms with E-state index in [1.165, 1.54) is 26.4 Å². The molecule has 0 radical (unpaired) electrons. The summed E-state index contributed by atoms with van der Waals surface area (Å²) in [5.74, 6) is 1.30. The summed E-state index contributed by atoms with van der Waals surface area (Å²) in [5.41, 5.74) is 1.10. The van der Waals surface area contributed by atoms with Crippen molar-refractivity contribution in [1.82, 2.24) is 0 Å². The van der Waals surface area contributed by atoms with Crippen LogP contribution in [0.1, 0.15) is 49.8 Å². The Hall–Kier alpha value is -1.25. The van der Waals surface area contributed by atoms with Crippen molar-refractivity contribution in [2.75, 3.05) is 7.11 Å². The molecule has 0 amide bonds. The van der Waals surface area contributed by atoms with E-state index in [0.29, 0.717) is 5.92 Å². The molecule has 1 unspecified atom stereocenters. The zero-order chi connectivity index (χ0) is 12.8. The van der Waals surface area contributed by atoms with Gasteiger partial charge >= 0.3 is 5.97 Å². The molecule has 0 saturated heterocycles. The molecular formula is C15H20O3. The number of hydrogen-bond acceptors (Lipinski definition) is 3. The Bertz CT molecular complexity index is 462. The minimum absolute atomic E-state index is 0.0439. The number of furan rings is 1. The van der Waals surface area contributed by atoms with E-state index in [0.717, 1.165) is 24.2 Å². The largest absolute Gasteiger partial charge is 0.469 e. The van der Waals surface area contributed by atoms with Crippen LogP contribution in [0.25, 0.3) is 0 Å². The van der Waals surface area contributed by atoms with Crippen molar-refractivity contribution in [3.05, 3.63) is 23.7 Å². The predicted molar refractivity (Wildman–Crippen MR) is 67.2 cm³/mol. The first-order chi connectivity index (χ1) is 8.66. The Balaban J connectivity index is 2.08. The third kappa shape index (κ3) is 1.53. The van der Waals surface area contributed by atoms with Gasteiger partial charge in [-0.05, 0) is 30.2 Å². The van der Waals surface area contributed by atoms with Crippen molar-refractivity contribution in [1.29, 1.82) is 0 Å². The van der Waals surface area contributed by atoms with Gasteiger partial charge in [0.2, 0.25) is 0 Å². The van der Waals surface area contributed by atoms with Crippen LogP contribution in [-0.4, -0.2) is 13.1 Å². The maximum absolute atomic E-state index is 12.2. The van der Waals surface area contributed by atoms with E-state index in [2.05, 4.69) is 6.92 Å². The fourth-order valence-electron chi connectivity index (χ4n) is 4.01. The highest BCUT2D eigenvalue weighted by Crippen LogP contribution is 2.56. The van der Waals surface area contributed by atoms with E-state index in [-0.39, 0.29) is 17.3 Å². The topological polar surface area (TPSA) is 39.4 Å². The monoisotopic (exact) mass is 248 g/mol. The molecule has 1 fully saturated rings. The van der Waals surface area contributed by atoms with Gasteiger partial charge in [0.25, 0.3) is 0 Å². The smallest absolute Gasteiger partial charge is 0.313 e. The van der Waals surface area contributed by atoms with E-state index in [9.17, 15) is 4.79 Å². The fourth-order valence-corrected chi connectivity index (χ4v) is 4.01. The van der Waals surface area contributed by atoms with Gasteiger partial charge in [0.1, 0.15) is 5.76 Å². The highest BCUT2D eigenvalue weighted by atomic mass is 16.5. The Kier molecular flexibility index (Phi) is 2.72. The molecule has 0 aromatic carbocycles. The first-order valence-electron chi connectivity index (χ1n) is 6.81. The quantitative estimate of drug-likeness (QED) is 0.716.